The Balaban J connectivity index is 2.20. The van der Waals surface area contributed by atoms with Crippen LogP contribution in [-0.2, 0) is 4.74 Å². The molecule has 6 nitrogen and oxygen atoms in total. The molecule has 0 aliphatic carbocycles. The van der Waals surface area contributed by atoms with Crippen LogP contribution in [0.25, 0.3) is 0 Å². The van der Waals surface area contributed by atoms with Crippen molar-refractivity contribution in [2.75, 3.05) is 24.3 Å². The van der Waals surface area contributed by atoms with Crippen LogP contribution in [0.15, 0.2) is 36.5 Å². The number of benzene rings is 1. The molecule has 6 heteroatoms. The molecule has 0 saturated heterocycles. The molecule has 0 saturated carbocycles. The quantitative estimate of drug-likeness (QED) is 0.795. The van der Waals surface area contributed by atoms with E-state index in [-0.39, 0.29) is 0 Å². The van der Waals surface area contributed by atoms with Crippen LogP contribution in [0.1, 0.15) is 23.7 Å². The SMILES string of the molecule is CCCNc1ccnc(Nc2ccccc2C(=O)OC)n1. The zero-order valence-electron chi connectivity index (χ0n) is 12.1. The van der Waals surface area contributed by atoms with Crippen molar-refractivity contribution in [3.63, 3.8) is 0 Å². The maximum Gasteiger partial charge on any atom is 0.339 e. The molecule has 21 heavy (non-hydrogen) atoms. The Morgan fingerprint density at radius 3 is 2.86 bits per heavy atom. The van der Waals surface area contributed by atoms with Crippen LogP contribution in [0.4, 0.5) is 17.5 Å². The number of hydrogen-bond acceptors (Lipinski definition) is 6. The highest BCUT2D eigenvalue weighted by Gasteiger charge is 2.11. The number of carbonyl (C=O) groups excluding carboxylic acids is 1. The van der Waals surface area contributed by atoms with E-state index in [0.29, 0.717) is 17.2 Å². The minimum atomic E-state index is -0.404. The number of esters is 1. The van der Waals surface area contributed by atoms with E-state index in [2.05, 4.69) is 27.5 Å². The summed E-state index contributed by atoms with van der Waals surface area (Å²) >= 11 is 0. The highest BCUT2D eigenvalue weighted by molar-refractivity contribution is 5.96. The van der Waals surface area contributed by atoms with Gasteiger partial charge in [0, 0.05) is 12.7 Å². The Hall–Kier alpha value is -2.63. The molecule has 0 unspecified atom stereocenters. The first-order valence-corrected chi connectivity index (χ1v) is 6.76. The number of nitrogens with one attached hydrogen (secondary N) is 2. The van der Waals surface area contributed by atoms with E-state index in [1.54, 1.807) is 30.5 Å². The molecule has 0 aliphatic rings. The van der Waals surface area contributed by atoms with E-state index in [9.17, 15) is 4.79 Å². The molecular formula is C15H18N4O2. The van der Waals surface area contributed by atoms with Gasteiger partial charge in [-0.1, -0.05) is 19.1 Å². The molecule has 0 fully saturated rings. The summed E-state index contributed by atoms with van der Waals surface area (Å²) in [5.74, 6) is 0.760. The molecule has 1 aromatic carbocycles. The molecule has 0 atom stereocenters. The van der Waals surface area contributed by atoms with Crippen molar-refractivity contribution >= 4 is 23.4 Å². The first-order valence-electron chi connectivity index (χ1n) is 6.76. The van der Waals surface area contributed by atoms with Crippen molar-refractivity contribution in [1.82, 2.24) is 9.97 Å². The van der Waals surface area contributed by atoms with Crippen LogP contribution < -0.4 is 10.6 Å². The third kappa shape index (κ3) is 3.92. The standard InChI is InChI=1S/C15H18N4O2/c1-3-9-16-13-8-10-17-15(19-13)18-12-7-5-4-6-11(12)14(20)21-2/h4-8,10H,3,9H2,1-2H3,(H2,16,17,18,19). The summed E-state index contributed by atoms with van der Waals surface area (Å²) in [4.78, 5) is 20.2. The summed E-state index contributed by atoms with van der Waals surface area (Å²) in [5, 5.41) is 6.23. The topological polar surface area (TPSA) is 76.1 Å². The second-order valence-corrected chi connectivity index (χ2v) is 4.35. The second-order valence-electron chi connectivity index (χ2n) is 4.35. The average Bonchev–Trinajstić information content (AvgIpc) is 2.53. The van der Waals surface area contributed by atoms with Gasteiger partial charge in [0.25, 0.3) is 0 Å². The van der Waals surface area contributed by atoms with Gasteiger partial charge in [0.05, 0.1) is 18.4 Å². The number of ether oxygens (including phenoxy) is 1. The fourth-order valence-electron chi connectivity index (χ4n) is 1.77. The molecule has 2 N–H and O–H groups in total. The molecule has 1 aromatic heterocycles. The van der Waals surface area contributed by atoms with Crippen LogP contribution in [0, 0.1) is 0 Å². The summed E-state index contributed by atoms with van der Waals surface area (Å²) in [7, 11) is 1.35. The van der Waals surface area contributed by atoms with Crippen molar-refractivity contribution < 1.29 is 9.53 Å². The maximum absolute atomic E-state index is 11.7. The summed E-state index contributed by atoms with van der Waals surface area (Å²) in [6, 6.07) is 8.87. The zero-order valence-corrected chi connectivity index (χ0v) is 12.1. The second kappa shape index (κ2) is 7.23. The number of carbonyl (C=O) groups is 1. The van der Waals surface area contributed by atoms with Crippen LogP contribution in [-0.4, -0.2) is 29.6 Å². The van der Waals surface area contributed by atoms with Crippen LogP contribution in [0.3, 0.4) is 0 Å². The van der Waals surface area contributed by atoms with Crippen LogP contribution >= 0.6 is 0 Å². The summed E-state index contributed by atoms with van der Waals surface area (Å²) in [5.41, 5.74) is 1.05. The number of methoxy groups -OCH3 is 1. The van der Waals surface area contributed by atoms with Crippen molar-refractivity contribution in [3.8, 4) is 0 Å². The van der Waals surface area contributed by atoms with Gasteiger partial charge >= 0.3 is 5.97 Å². The highest BCUT2D eigenvalue weighted by Crippen LogP contribution is 2.19. The van der Waals surface area contributed by atoms with Crippen molar-refractivity contribution in [2.45, 2.75) is 13.3 Å². The van der Waals surface area contributed by atoms with E-state index >= 15 is 0 Å². The van der Waals surface area contributed by atoms with E-state index < -0.39 is 5.97 Å². The van der Waals surface area contributed by atoms with E-state index in [1.165, 1.54) is 7.11 Å². The number of anilines is 3. The van der Waals surface area contributed by atoms with Gasteiger partial charge in [-0.05, 0) is 24.6 Å². The Labute approximate surface area is 123 Å². The van der Waals surface area contributed by atoms with Crippen LogP contribution in [0.5, 0.6) is 0 Å². The molecule has 110 valence electrons. The fraction of sp³-hybridized carbons (Fsp3) is 0.267. The minimum Gasteiger partial charge on any atom is -0.465 e. The Morgan fingerprint density at radius 1 is 1.29 bits per heavy atom. The number of aromatic nitrogens is 2. The molecule has 2 aromatic rings. The van der Waals surface area contributed by atoms with Gasteiger partial charge in [0.1, 0.15) is 5.82 Å². The number of hydrogen-bond donors (Lipinski definition) is 2. The monoisotopic (exact) mass is 286 g/mol. The molecule has 0 spiro atoms. The number of nitrogens with zero attached hydrogens (tertiary/aromatic N) is 2. The summed E-state index contributed by atoms with van der Waals surface area (Å²) in [6.07, 6.45) is 2.67. The third-order valence-corrected chi connectivity index (χ3v) is 2.79. The number of rotatable bonds is 6. The molecule has 0 aliphatic heterocycles. The zero-order chi connectivity index (χ0) is 15.1. The van der Waals surface area contributed by atoms with Gasteiger partial charge in [-0.2, -0.15) is 4.98 Å². The summed E-state index contributed by atoms with van der Waals surface area (Å²) in [6.45, 7) is 2.93. The molecule has 0 bridgehead atoms. The van der Waals surface area contributed by atoms with Gasteiger partial charge in [-0.3, -0.25) is 0 Å². The smallest absolute Gasteiger partial charge is 0.339 e. The fourth-order valence-corrected chi connectivity index (χ4v) is 1.77. The van der Waals surface area contributed by atoms with Crippen molar-refractivity contribution in [3.05, 3.63) is 42.1 Å². The lowest BCUT2D eigenvalue weighted by Crippen LogP contribution is -2.08. The third-order valence-electron chi connectivity index (χ3n) is 2.79. The van der Waals surface area contributed by atoms with Gasteiger partial charge in [-0.25, -0.2) is 9.78 Å². The van der Waals surface area contributed by atoms with E-state index in [1.807, 2.05) is 6.07 Å². The van der Waals surface area contributed by atoms with E-state index in [4.69, 9.17) is 4.74 Å². The van der Waals surface area contributed by atoms with Gasteiger partial charge in [0.15, 0.2) is 0 Å². The number of para-hydroxylation sites is 1. The predicted molar refractivity (Wildman–Crippen MR) is 81.9 cm³/mol. The molecular weight excluding hydrogens is 268 g/mol. The maximum atomic E-state index is 11.7. The molecule has 0 radical (unpaired) electrons. The summed E-state index contributed by atoms with van der Waals surface area (Å²) < 4.78 is 4.76. The normalized spacial score (nSPS) is 10.0. The van der Waals surface area contributed by atoms with E-state index in [0.717, 1.165) is 18.8 Å². The lowest BCUT2D eigenvalue weighted by atomic mass is 10.2. The first-order chi connectivity index (χ1) is 10.2. The molecule has 1 heterocycles. The Morgan fingerprint density at radius 2 is 2.10 bits per heavy atom. The molecule has 0 amide bonds. The van der Waals surface area contributed by atoms with Gasteiger partial charge in [-0.15, -0.1) is 0 Å². The minimum absolute atomic E-state index is 0.404. The highest BCUT2D eigenvalue weighted by atomic mass is 16.5. The Kier molecular flexibility index (Phi) is 5.09. The Bertz CT molecular complexity index is 616. The predicted octanol–water partition coefficient (Wildman–Crippen LogP) is 2.83. The lowest BCUT2D eigenvalue weighted by Gasteiger charge is -2.10. The van der Waals surface area contributed by atoms with Gasteiger partial charge in [0.2, 0.25) is 5.95 Å². The average molecular weight is 286 g/mol. The van der Waals surface area contributed by atoms with Crippen LogP contribution in [0.2, 0.25) is 0 Å². The lowest BCUT2D eigenvalue weighted by molar-refractivity contribution is 0.0602. The van der Waals surface area contributed by atoms with Crippen molar-refractivity contribution in [2.24, 2.45) is 0 Å². The molecule has 2 rings (SSSR count). The van der Waals surface area contributed by atoms with Crippen molar-refractivity contribution in [1.29, 1.82) is 0 Å². The largest absolute Gasteiger partial charge is 0.465 e. The van der Waals surface area contributed by atoms with Gasteiger partial charge < -0.3 is 15.4 Å². The first kappa shape index (κ1) is 14.8.